The molecule has 0 aliphatic rings. The number of amides is 1. The molecule has 0 spiro atoms. The van der Waals surface area contributed by atoms with E-state index in [0.717, 1.165) is 0 Å². The number of hydrogen-bond donors (Lipinski definition) is 3. The first-order valence-corrected chi connectivity index (χ1v) is 5.69. The van der Waals surface area contributed by atoms with Crippen molar-refractivity contribution in [3.63, 3.8) is 0 Å². The van der Waals surface area contributed by atoms with E-state index in [2.05, 4.69) is 5.32 Å². The molecule has 2 atom stereocenters. The molecule has 2 unspecified atom stereocenters. The minimum Gasteiger partial charge on any atom is -0.467 e. The van der Waals surface area contributed by atoms with Crippen LogP contribution in [-0.2, 0) is 4.79 Å². The van der Waals surface area contributed by atoms with Crippen molar-refractivity contribution in [2.75, 3.05) is 6.61 Å². The first-order valence-electron chi connectivity index (χ1n) is 5.69. The van der Waals surface area contributed by atoms with Gasteiger partial charge in [0, 0.05) is 0 Å². The third-order valence-electron chi connectivity index (χ3n) is 2.60. The van der Waals surface area contributed by atoms with Gasteiger partial charge in [0.1, 0.15) is 17.4 Å². The summed E-state index contributed by atoms with van der Waals surface area (Å²) < 4.78 is 5.10. The Labute approximate surface area is 100 Å². The van der Waals surface area contributed by atoms with Gasteiger partial charge in [-0.1, -0.05) is 13.3 Å². The van der Waals surface area contributed by atoms with Crippen molar-refractivity contribution in [3.8, 4) is 0 Å². The van der Waals surface area contributed by atoms with E-state index in [1.807, 2.05) is 6.92 Å². The van der Waals surface area contributed by atoms with Gasteiger partial charge >= 0.3 is 0 Å². The highest BCUT2D eigenvalue weighted by molar-refractivity contribution is 5.84. The summed E-state index contributed by atoms with van der Waals surface area (Å²) in [6, 6.07) is 2.71. The highest BCUT2D eigenvalue weighted by Crippen LogP contribution is 2.17. The van der Waals surface area contributed by atoms with Crippen LogP contribution in [0.5, 0.6) is 0 Å². The van der Waals surface area contributed by atoms with Crippen LogP contribution in [0.1, 0.15) is 38.5 Å². The summed E-state index contributed by atoms with van der Waals surface area (Å²) in [5.41, 5.74) is -1.42. The van der Waals surface area contributed by atoms with Gasteiger partial charge in [0.05, 0.1) is 12.9 Å². The summed E-state index contributed by atoms with van der Waals surface area (Å²) in [6.45, 7) is 3.07. The zero-order chi connectivity index (χ0) is 12.9. The molecule has 0 aliphatic heterocycles. The van der Waals surface area contributed by atoms with Gasteiger partial charge in [0.15, 0.2) is 0 Å². The van der Waals surface area contributed by atoms with Crippen molar-refractivity contribution in [1.82, 2.24) is 5.32 Å². The Bertz CT molecular complexity index is 345. The normalized spacial score (nSPS) is 16.2. The number of aliphatic hydroxyl groups excluding tert-OH is 1. The molecule has 0 radical (unpaired) electrons. The van der Waals surface area contributed by atoms with Crippen molar-refractivity contribution in [2.24, 2.45) is 0 Å². The molecule has 0 bridgehead atoms. The van der Waals surface area contributed by atoms with E-state index in [1.165, 1.54) is 13.2 Å². The van der Waals surface area contributed by atoms with E-state index >= 15 is 0 Å². The van der Waals surface area contributed by atoms with Gasteiger partial charge in [0.25, 0.3) is 5.91 Å². The molecule has 0 fully saturated rings. The second kappa shape index (κ2) is 5.84. The maximum Gasteiger partial charge on any atom is 0.252 e. The highest BCUT2D eigenvalue weighted by atomic mass is 16.3. The van der Waals surface area contributed by atoms with Crippen molar-refractivity contribution in [1.29, 1.82) is 0 Å². The van der Waals surface area contributed by atoms with Crippen molar-refractivity contribution in [3.05, 3.63) is 24.2 Å². The van der Waals surface area contributed by atoms with E-state index < -0.39 is 17.6 Å². The van der Waals surface area contributed by atoms with Gasteiger partial charge in [0.2, 0.25) is 0 Å². The fraction of sp³-hybridized carbons (Fsp3) is 0.583. The first-order chi connectivity index (χ1) is 8.01. The van der Waals surface area contributed by atoms with Gasteiger partial charge in [-0.25, -0.2) is 0 Å². The van der Waals surface area contributed by atoms with Crippen LogP contribution in [0, 0.1) is 0 Å². The molecule has 1 amide bonds. The van der Waals surface area contributed by atoms with Crippen LogP contribution in [-0.4, -0.2) is 28.3 Å². The monoisotopic (exact) mass is 241 g/mol. The molecular weight excluding hydrogens is 222 g/mol. The fourth-order valence-corrected chi connectivity index (χ4v) is 1.61. The average molecular weight is 241 g/mol. The van der Waals surface area contributed by atoms with Crippen molar-refractivity contribution in [2.45, 2.75) is 38.3 Å². The van der Waals surface area contributed by atoms with Crippen LogP contribution in [0.15, 0.2) is 22.8 Å². The predicted octanol–water partition coefficient (Wildman–Crippen LogP) is 0.980. The predicted molar refractivity (Wildman–Crippen MR) is 62.2 cm³/mol. The zero-order valence-corrected chi connectivity index (χ0v) is 10.1. The zero-order valence-electron chi connectivity index (χ0n) is 10.1. The maximum atomic E-state index is 11.8. The summed E-state index contributed by atoms with van der Waals surface area (Å²) >= 11 is 0. The second-order valence-electron chi connectivity index (χ2n) is 4.25. The number of hydrogen-bond acceptors (Lipinski definition) is 4. The van der Waals surface area contributed by atoms with Gasteiger partial charge < -0.3 is 19.9 Å². The van der Waals surface area contributed by atoms with Crippen molar-refractivity contribution >= 4 is 5.91 Å². The summed E-state index contributed by atoms with van der Waals surface area (Å²) in [5.74, 6) is -0.0389. The average Bonchev–Trinajstić information content (AvgIpc) is 2.78. The Morgan fingerprint density at radius 2 is 2.35 bits per heavy atom. The summed E-state index contributed by atoms with van der Waals surface area (Å²) in [4.78, 5) is 11.8. The standard InChI is InChI=1S/C12H19NO4/c1-3-6-12(2,16)11(15)13-9(8-14)10-5-4-7-17-10/h4-5,7,9,14,16H,3,6,8H2,1-2H3,(H,13,15). The van der Waals surface area contributed by atoms with Crippen molar-refractivity contribution < 1.29 is 19.4 Å². The Balaban J connectivity index is 2.66. The van der Waals surface area contributed by atoms with Gasteiger partial charge in [-0.15, -0.1) is 0 Å². The molecule has 0 saturated carbocycles. The molecule has 0 saturated heterocycles. The Kier molecular flexibility index (Phi) is 4.72. The number of carbonyl (C=O) groups is 1. The Morgan fingerprint density at radius 1 is 1.65 bits per heavy atom. The van der Waals surface area contributed by atoms with Gasteiger partial charge in [-0.2, -0.15) is 0 Å². The number of nitrogens with one attached hydrogen (secondary N) is 1. The van der Waals surface area contributed by atoms with E-state index in [-0.39, 0.29) is 6.61 Å². The molecule has 1 heterocycles. The van der Waals surface area contributed by atoms with E-state index in [0.29, 0.717) is 18.6 Å². The smallest absolute Gasteiger partial charge is 0.252 e. The van der Waals surface area contributed by atoms with Gasteiger partial charge in [-0.05, 0) is 25.5 Å². The third-order valence-corrected chi connectivity index (χ3v) is 2.60. The lowest BCUT2D eigenvalue weighted by Gasteiger charge is -2.24. The largest absolute Gasteiger partial charge is 0.467 e. The van der Waals surface area contributed by atoms with Crippen LogP contribution in [0.25, 0.3) is 0 Å². The molecule has 0 aliphatic carbocycles. The minimum atomic E-state index is -1.42. The molecule has 0 aromatic carbocycles. The number of furan rings is 1. The quantitative estimate of drug-likeness (QED) is 0.693. The van der Waals surface area contributed by atoms with E-state index in [4.69, 9.17) is 4.42 Å². The molecule has 1 aromatic heterocycles. The molecule has 5 heteroatoms. The number of rotatable bonds is 6. The Hall–Kier alpha value is -1.33. The minimum absolute atomic E-state index is 0.276. The van der Waals surface area contributed by atoms with Crippen LogP contribution in [0.2, 0.25) is 0 Å². The summed E-state index contributed by atoms with van der Waals surface area (Å²) in [6.07, 6.45) is 2.54. The molecule has 1 aromatic rings. The summed E-state index contributed by atoms with van der Waals surface area (Å²) in [7, 11) is 0. The molecule has 3 N–H and O–H groups in total. The Morgan fingerprint density at radius 3 is 2.82 bits per heavy atom. The lowest BCUT2D eigenvalue weighted by Crippen LogP contribution is -2.46. The molecular formula is C12H19NO4. The number of aliphatic hydroxyl groups is 2. The van der Waals surface area contributed by atoms with E-state index in [1.54, 1.807) is 12.1 Å². The van der Waals surface area contributed by atoms with Crippen LogP contribution in [0.4, 0.5) is 0 Å². The highest BCUT2D eigenvalue weighted by Gasteiger charge is 2.31. The fourth-order valence-electron chi connectivity index (χ4n) is 1.61. The lowest BCUT2D eigenvalue weighted by molar-refractivity contribution is -0.140. The van der Waals surface area contributed by atoms with Crippen LogP contribution < -0.4 is 5.32 Å². The first kappa shape index (κ1) is 13.7. The van der Waals surface area contributed by atoms with Crippen LogP contribution in [0.3, 0.4) is 0 Å². The summed E-state index contributed by atoms with van der Waals surface area (Å²) in [5, 5.41) is 21.6. The molecule has 1 rings (SSSR count). The lowest BCUT2D eigenvalue weighted by atomic mass is 9.99. The topological polar surface area (TPSA) is 82.7 Å². The third kappa shape index (κ3) is 3.57. The molecule has 5 nitrogen and oxygen atoms in total. The maximum absolute atomic E-state index is 11.8. The van der Waals surface area contributed by atoms with E-state index in [9.17, 15) is 15.0 Å². The van der Waals surface area contributed by atoms with Gasteiger partial charge in [-0.3, -0.25) is 4.79 Å². The number of carbonyl (C=O) groups excluding carboxylic acids is 1. The van der Waals surface area contributed by atoms with Crippen LogP contribution >= 0.6 is 0 Å². The second-order valence-corrected chi connectivity index (χ2v) is 4.25. The molecule has 17 heavy (non-hydrogen) atoms. The SMILES string of the molecule is CCCC(C)(O)C(=O)NC(CO)c1ccco1. The molecule has 96 valence electrons.